The summed E-state index contributed by atoms with van der Waals surface area (Å²) in [5.74, 6) is 0.145. The van der Waals surface area contributed by atoms with Crippen LogP contribution in [0.3, 0.4) is 0 Å². The molecule has 0 radical (unpaired) electrons. The van der Waals surface area contributed by atoms with E-state index in [2.05, 4.69) is 5.32 Å². The second kappa shape index (κ2) is 4.94. The summed E-state index contributed by atoms with van der Waals surface area (Å²) < 4.78 is 18.2. The third-order valence-corrected chi connectivity index (χ3v) is 2.94. The van der Waals surface area contributed by atoms with Crippen LogP contribution in [0, 0.1) is 5.82 Å². The maximum Gasteiger partial charge on any atom is 0.240 e. The second-order valence-electron chi connectivity index (χ2n) is 4.75. The Morgan fingerprint density at radius 3 is 2.67 bits per heavy atom. The van der Waals surface area contributed by atoms with Crippen molar-refractivity contribution in [1.82, 2.24) is 5.32 Å². The lowest BCUT2D eigenvalue weighted by Gasteiger charge is -2.17. The number of benzene rings is 1. The van der Waals surface area contributed by atoms with Crippen molar-refractivity contribution in [2.24, 2.45) is 5.73 Å². The van der Waals surface area contributed by atoms with E-state index in [1.165, 1.54) is 12.1 Å². The van der Waals surface area contributed by atoms with E-state index >= 15 is 0 Å². The van der Waals surface area contributed by atoms with Crippen LogP contribution in [0.15, 0.2) is 24.3 Å². The van der Waals surface area contributed by atoms with E-state index in [1.54, 1.807) is 12.1 Å². The molecule has 0 heterocycles. The van der Waals surface area contributed by atoms with Crippen LogP contribution in [0.25, 0.3) is 0 Å². The summed E-state index contributed by atoms with van der Waals surface area (Å²) in [7, 11) is 0. The van der Waals surface area contributed by atoms with Crippen molar-refractivity contribution in [2.75, 3.05) is 6.54 Å². The van der Waals surface area contributed by atoms with Gasteiger partial charge < -0.3 is 15.8 Å². The summed E-state index contributed by atoms with van der Waals surface area (Å²) in [5, 5.41) is 2.75. The molecular formula is C13H17FN2O2. The Kier molecular flexibility index (Phi) is 3.52. The number of nitrogens with one attached hydrogen (secondary N) is 1. The van der Waals surface area contributed by atoms with Crippen molar-refractivity contribution >= 4 is 5.91 Å². The van der Waals surface area contributed by atoms with E-state index < -0.39 is 5.54 Å². The Morgan fingerprint density at radius 1 is 1.50 bits per heavy atom. The molecule has 2 rings (SSSR count). The van der Waals surface area contributed by atoms with Crippen LogP contribution < -0.4 is 15.8 Å². The first-order valence-corrected chi connectivity index (χ1v) is 5.99. The average Bonchev–Trinajstić information content (AvgIpc) is 3.09. The first-order chi connectivity index (χ1) is 8.49. The Hall–Kier alpha value is -1.62. The fourth-order valence-corrected chi connectivity index (χ4v) is 1.56. The molecule has 0 spiro atoms. The summed E-state index contributed by atoms with van der Waals surface area (Å²) in [6.07, 6.45) is 1.29. The smallest absolute Gasteiger partial charge is 0.240 e. The van der Waals surface area contributed by atoms with Crippen LogP contribution in [0.5, 0.6) is 5.75 Å². The molecule has 1 amide bonds. The highest BCUT2D eigenvalue weighted by molar-refractivity contribution is 5.88. The van der Waals surface area contributed by atoms with Gasteiger partial charge in [0.1, 0.15) is 17.7 Å². The molecule has 1 aliphatic carbocycles. The van der Waals surface area contributed by atoms with Gasteiger partial charge in [-0.1, -0.05) is 0 Å². The molecule has 1 saturated carbocycles. The molecule has 3 N–H and O–H groups in total. The number of nitrogens with two attached hydrogens (primary N) is 1. The van der Waals surface area contributed by atoms with Crippen molar-refractivity contribution in [3.05, 3.63) is 30.1 Å². The molecule has 0 aromatic heterocycles. The van der Waals surface area contributed by atoms with Gasteiger partial charge in [0, 0.05) is 0 Å². The summed E-state index contributed by atoms with van der Waals surface area (Å²) in [6, 6.07) is 5.78. The molecule has 1 aromatic carbocycles. The first-order valence-electron chi connectivity index (χ1n) is 5.99. The van der Waals surface area contributed by atoms with E-state index in [-0.39, 0.29) is 17.8 Å². The highest BCUT2D eigenvalue weighted by Gasteiger charge is 2.45. The van der Waals surface area contributed by atoms with Gasteiger partial charge in [-0.05, 0) is 44.0 Å². The molecule has 1 unspecified atom stereocenters. The maximum absolute atomic E-state index is 12.7. The quantitative estimate of drug-likeness (QED) is 0.827. The zero-order valence-corrected chi connectivity index (χ0v) is 10.3. The first kappa shape index (κ1) is 12.8. The van der Waals surface area contributed by atoms with Crippen LogP contribution in [-0.4, -0.2) is 24.1 Å². The van der Waals surface area contributed by atoms with Gasteiger partial charge in [0.05, 0.1) is 12.1 Å². The Morgan fingerprint density at radius 2 is 2.11 bits per heavy atom. The lowest BCUT2D eigenvalue weighted by molar-refractivity contribution is -0.123. The summed E-state index contributed by atoms with van der Waals surface area (Å²) in [5.41, 5.74) is 5.09. The van der Waals surface area contributed by atoms with Crippen LogP contribution in [-0.2, 0) is 4.79 Å². The van der Waals surface area contributed by atoms with Crippen LogP contribution in [0.1, 0.15) is 19.8 Å². The SMILES string of the molecule is CC(CNC(=O)C1(N)CC1)Oc1ccc(F)cc1. The Labute approximate surface area is 105 Å². The lowest BCUT2D eigenvalue weighted by atomic mass is 10.2. The highest BCUT2D eigenvalue weighted by Crippen LogP contribution is 2.32. The van der Waals surface area contributed by atoms with Gasteiger partial charge in [-0.3, -0.25) is 4.79 Å². The number of rotatable bonds is 5. The molecule has 4 nitrogen and oxygen atoms in total. The predicted octanol–water partition coefficient (Wildman–Crippen LogP) is 1.20. The van der Waals surface area contributed by atoms with Gasteiger partial charge in [-0.15, -0.1) is 0 Å². The number of amides is 1. The van der Waals surface area contributed by atoms with Crippen molar-refractivity contribution in [1.29, 1.82) is 0 Å². The lowest BCUT2D eigenvalue weighted by Crippen LogP contribution is -2.45. The molecule has 0 bridgehead atoms. The standard InChI is InChI=1S/C13H17FN2O2/c1-9(8-16-12(17)13(15)6-7-13)18-11-4-2-10(14)3-5-11/h2-5,9H,6-8,15H2,1H3,(H,16,17). The summed E-state index contributed by atoms with van der Waals surface area (Å²) in [4.78, 5) is 11.6. The molecule has 0 aliphatic heterocycles. The molecule has 0 saturated heterocycles. The van der Waals surface area contributed by atoms with Gasteiger partial charge in [-0.25, -0.2) is 4.39 Å². The monoisotopic (exact) mass is 252 g/mol. The minimum Gasteiger partial charge on any atom is -0.489 e. The molecule has 5 heteroatoms. The van der Waals surface area contributed by atoms with E-state index in [4.69, 9.17) is 10.5 Å². The summed E-state index contributed by atoms with van der Waals surface area (Å²) in [6.45, 7) is 2.22. The number of ether oxygens (including phenoxy) is 1. The molecule has 1 fully saturated rings. The zero-order chi connectivity index (χ0) is 13.2. The van der Waals surface area contributed by atoms with E-state index in [0.717, 1.165) is 12.8 Å². The van der Waals surface area contributed by atoms with Crippen LogP contribution >= 0.6 is 0 Å². The Balaban J connectivity index is 1.76. The van der Waals surface area contributed by atoms with Gasteiger partial charge in [0.15, 0.2) is 0 Å². The average molecular weight is 252 g/mol. The minimum absolute atomic E-state index is 0.128. The summed E-state index contributed by atoms with van der Waals surface area (Å²) >= 11 is 0. The van der Waals surface area contributed by atoms with Gasteiger partial charge in [-0.2, -0.15) is 0 Å². The molecule has 98 valence electrons. The van der Waals surface area contributed by atoms with Crippen LogP contribution in [0.2, 0.25) is 0 Å². The maximum atomic E-state index is 12.7. The van der Waals surface area contributed by atoms with E-state index in [9.17, 15) is 9.18 Å². The highest BCUT2D eigenvalue weighted by atomic mass is 19.1. The molecule has 18 heavy (non-hydrogen) atoms. The minimum atomic E-state index is -0.657. The normalized spacial score (nSPS) is 17.9. The van der Waals surface area contributed by atoms with Gasteiger partial charge in [0.25, 0.3) is 0 Å². The van der Waals surface area contributed by atoms with Crippen LogP contribution in [0.4, 0.5) is 4.39 Å². The molecule has 1 atom stereocenters. The fraction of sp³-hybridized carbons (Fsp3) is 0.462. The fourth-order valence-electron chi connectivity index (χ4n) is 1.56. The van der Waals surface area contributed by atoms with E-state index in [0.29, 0.717) is 12.3 Å². The van der Waals surface area contributed by atoms with Gasteiger partial charge in [0.2, 0.25) is 5.91 Å². The van der Waals surface area contributed by atoms with Crippen molar-refractivity contribution in [3.63, 3.8) is 0 Å². The van der Waals surface area contributed by atoms with E-state index in [1.807, 2.05) is 6.92 Å². The molecular weight excluding hydrogens is 235 g/mol. The number of halogens is 1. The third-order valence-electron chi connectivity index (χ3n) is 2.94. The topological polar surface area (TPSA) is 64.4 Å². The number of hydrogen-bond donors (Lipinski definition) is 2. The van der Waals surface area contributed by atoms with Crippen molar-refractivity contribution in [3.8, 4) is 5.75 Å². The predicted molar refractivity (Wildman–Crippen MR) is 65.7 cm³/mol. The largest absolute Gasteiger partial charge is 0.489 e. The third kappa shape index (κ3) is 3.20. The molecule has 1 aliphatic rings. The van der Waals surface area contributed by atoms with Crippen molar-refractivity contribution < 1.29 is 13.9 Å². The number of carbonyl (C=O) groups excluding carboxylic acids is 1. The van der Waals surface area contributed by atoms with Crippen molar-refractivity contribution in [2.45, 2.75) is 31.4 Å². The zero-order valence-electron chi connectivity index (χ0n) is 10.3. The number of carbonyl (C=O) groups is 1. The molecule has 1 aromatic rings. The number of hydrogen-bond acceptors (Lipinski definition) is 3. The van der Waals surface area contributed by atoms with Gasteiger partial charge >= 0.3 is 0 Å². The Bertz CT molecular complexity index is 429. The second-order valence-corrected chi connectivity index (χ2v) is 4.75.